The first-order valence-electron chi connectivity index (χ1n) is 7.59. The highest BCUT2D eigenvalue weighted by Crippen LogP contribution is 2.48. The van der Waals surface area contributed by atoms with Crippen LogP contribution >= 0.6 is 17.0 Å². The van der Waals surface area contributed by atoms with Crippen LogP contribution in [0.3, 0.4) is 0 Å². The summed E-state index contributed by atoms with van der Waals surface area (Å²) in [5, 5.41) is 23.8. The molecule has 116 valence electrons. The van der Waals surface area contributed by atoms with E-state index in [1.807, 2.05) is 6.07 Å². The number of benzene rings is 2. The van der Waals surface area contributed by atoms with E-state index in [9.17, 15) is 10.2 Å². The highest BCUT2D eigenvalue weighted by molar-refractivity contribution is 8.93. The zero-order valence-electron chi connectivity index (χ0n) is 12.2. The van der Waals surface area contributed by atoms with Crippen LogP contribution in [0.25, 0.3) is 0 Å². The van der Waals surface area contributed by atoms with Gasteiger partial charge in [-0.2, -0.15) is 0 Å². The van der Waals surface area contributed by atoms with Crippen molar-refractivity contribution in [1.82, 2.24) is 5.32 Å². The molecule has 0 aromatic heterocycles. The molecule has 0 fully saturated rings. The van der Waals surface area contributed by atoms with Crippen molar-refractivity contribution in [3.63, 3.8) is 0 Å². The molecular weight excluding hydrogens is 342 g/mol. The number of aromatic hydroxyl groups is 2. The van der Waals surface area contributed by atoms with Crippen molar-refractivity contribution in [2.24, 2.45) is 0 Å². The lowest BCUT2D eigenvalue weighted by molar-refractivity contribution is 0.399. The molecule has 2 aromatic rings. The topological polar surface area (TPSA) is 52.5 Å². The summed E-state index contributed by atoms with van der Waals surface area (Å²) in [6.45, 7) is 1.82. The fraction of sp³-hybridized carbons (Fsp3) is 0.333. The predicted molar refractivity (Wildman–Crippen MR) is 92.3 cm³/mol. The number of rotatable bonds is 1. The predicted octanol–water partition coefficient (Wildman–Crippen LogP) is 3.44. The standard InChI is InChI=1S/C18H19NO2.BrH/c20-16-8-14-15(11-4-2-1-3-5-11)10-19-9-12-6-7-13(17(12)14)18(16)21;/h1-5,8,12,15,19-21H,6-7,9-10H2;1H/t12-,15-;/m1./s1. The van der Waals surface area contributed by atoms with E-state index < -0.39 is 0 Å². The van der Waals surface area contributed by atoms with Gasteiger partial charge < -0.3 is 15.5 Å². The van der Waals surface area contributed by atoms with Gasteiger partial charge in [-0.1, -0.05) is 30.3 Å². The van der Waals surface area contributed by atoms with Gasteiger partial charge in [-0.05, 0) is 41.5 Å². The van der Waals surface area contributed by atoms with Crippen LogP contribution in [-0.4, -0.2) is 23.3 Å². The smallest absolute Gasteiger partial charge is 0.160 e. The molecule has 22 heavy (non-hydrogen) atoms. The lowest BCUT2D eigenvalue weighted by Gasteiger charge is -2.20. The van der Waals surface area contributed by atoms with E-state index in [1.165, 1.54) is 16.7 Å². The quantitative estimate of drug-likeness (QED) is 0.682. The third kappa shape index (κ3) is 2.31. The SMILES string of the molecule is Br.Oc1cc2c3c(c1O)CC[C@@H]3CNC[C@@H]2c1ccccc1. The first-order valence-corrected chi connectivity index (χ1v) is 7.59. The summed E-state index contributed by atoms with van der Waals surface area (Å²) >= 11 is 0. The summed E-state index contributed by atoms with van der Waals surface area (Å²) in [5.41, 5.74) is 4.66. The van der Waals surface area contributed by atoms with E-state index >= 15 is 0 Å². The fourth-order valence-corrected chi connectivity index (χ4v) is 3.93. The number of nitrogens with one attached hydrogen (secondary N) is 1. The molecule has 0 saturated heterocycles. The average Bonchev–Trinajstić information content (AvgIpc) is 2.85. The monoisotopic (exact) mass is 361 g/mol. The van der Waals surface area contributed by atoms with E-state index in [0.29, 0.717) is 5.92 Å². The van der Waals surface area contributed by atoms with Crippen molar-refractivity contribution in [2.75, 3.05) is 13.1 Å². The van der Waals surface area contributed by atoms with Crippen LogP contribution in [0.15, 0.2) is 36.4 Å². The second kappa shape index (κ2) is 5.94. The maximum atomic E-state index is 10.2. The Kier molecular flexibility index (Phi) is 4.15. The van der Waals surface area contributed by atoms with Crippen LogP contribution in [-0.2, 0) is 6.42 Å². The second-order valence-corrected chi connectivity index (χ2v) is 6.08. The molecule has 1 aliphatic carbocycles. The lowest BCUT2D eigenvalue weighted by Crippen LogP contribution is -2.22. The largest absolute Gasteiger partial charge is 0.504 e. The molecule has 0 saturated carbocycles. The Morgan fingerprint density at radius 3 is 2.59 bits per heavy atom. The van der Waals surface area contributed by atoms with Crippen LogP contribution < -0.4 is 5.32 Å². The molecule has 0 unspecified atom stereocenters. The summed E-state index contributed by atoms with van der Waals surface area (Å²) in [5.74, 6) is 0.793. The fourth-order valence-electron chi connectivity index (χ4n) is 3.93. The number of phenolic OH excluding ortho intramolecular Hbond substituents is 2. The van der Waals surface area contributed by atoms with Crippen molar-refractivity contribution in [1.29, 1.82) is 0 Å². The molecule has 4 rings (SSSR count). The van der Waals surface area contributed by atoms with Gasteiger partial charge in [-0.15, -0.1) is 17.0 Å². The maximum absolute atomic E-state index is 10.2. The van der Waals surface area contributed by atoms with Gasteiger partial charge >= 0.3 is 0 Å². The molecule has 2 atom stereocenters. The van der Waals surface area contributed by atoms with Crippen molar-refractivity contribution in [3.8, 4) is 11.5 Å². The Balaban J connectivity index is 0.00000144. The van der Waals surface area contributed by atoms with Gasteiger partial charge in [0.05, 0.1) is 0 Å². The van der Waals surface area contributed by atoms with E-state index in [-0.39, 0.29) is 34.4 Å². The lowest BCUT2D eigenvalue weighted by atomic mass is 9.85. The highest BCUT2D eigenvalue weighted by atomic mass is 79.9. The molecular formula is C18H20BrNO2. The van der Waals surface area contributed by atoms with Gasteiger partial charge in [-0.3, -0.25) is 0 Å². The van der Waals surface area contributed by atoms with Crippen molar-refractivity contribution in [3.05, 3.63) is 58.7 Å². The number of hydrogen-bond donors (Lipinski definition) is 3. The molecule has 4 heteroatoms. The Labute approximate surface area is 140 Å². The molecule has 0 spiro atoms. The summed E-state index contributed by atoms with van der Waals surface area (Å²) in [7, 11) is 0. The minimum Gasteiger partial charge on any atom is -0.504 e. The highest BCUT2D eigenvalue weighted by Gasteiger charge is 2.34. The van der Waals surface area contributed by atoms with Crippen LogP contribution in [0, 0.1) is 0 Å². The maximum Gasteiger partial charge on any atom is 0.160 e. The second-order valence-electron chi connectivity index (χ2n) is 6.08. The molecule has 0 radical (unpaired) electrons. The van der Waals surface area contributed by atoms with Crippen molar-refractivity contribution < 1.29 is 10.2 Å². The average molecular weight is 362 g/mol. The molecule has 3 N–H and O–H groups in total. The van der Waals surface area contributed by atoms with Gasteiger partial charge in [0, 0.05) is 24.6 Å². The third-order valence-electron chi connectivity index (χ3n) is 4.92. The first kappa shape index (κ1) is 15.4. The van der Waals surface area contributed by atoms with Gasteiger partial charge in [0.25, 0.3) is 0 Å². The third-order valence-corrected chi connectivity index (χ3v) is 4.92. The summed E-state index contributed by atoms with van der Waals surface area (Å²) < 4.78 is 0. The van der Waals surface area contributed by atoms with E-state index in [1.54, 1.807) is 6.07 Å². The Hall–Kier alpha value is -1.52. The van der Waals surface area contributed by atoms with Crippen molar-refractivity contribution in [2.45, 2.75) is 24.7 Å². The summed E-state index contributed by atoms with van der Waals surface area (Å²) in [6.07, 6.45) is 1.91. The number of halogens is 1. The molecule has 0 amide bonds. The van der Waals surface area contributed by atoms with Crippen LogP contribution in [0.4, 0.5) is 0 Å². The van der Waals surface area contributed by atoms with Gasteiger partial charge in [0.15, 0.2) is 11.5 Å². The van der Waals surface area contributed by atoms with E-state index in [4.69, 9.17) is 0 Å². The van der Waals surface area contributed by atoms with E-state index in [2.05, 4.69) is 29.6 Å². The molecule has 3 nitrogen and oxygen atoms in total. The van der Waals surface area contributed by atoms with E-state index in [0.717, 1.165) is 31.5 Å². The normalized spacial score (nSPS) is 22.5. The Morgan fingerprint density at radius 1 is 1.05 bits per heavy atom. The molecule has 0 bridgehead atoms. The first-order chi connectivity index (χ1) is 10.3. The zero-order chi connectivity index (χ0) is 14.4. The van der Waals surface area contributed by atoms with Crippen LogP contribution in [0.5, 0.6) is 11.5 Å². The molecule has 1 aliphatic heterocycles. The van der Waals surface area contributed by atoms with Crippen LogP contribution in [0.1, 0.15) is 40.5 Å². The number of hydrogen-bond acceptors (Lipinski definition) is 3. The molecule has 2 aliphatic rings. The van der Waals surface area contributed by atoms with Crippen molar-refractivity contribution >= 4 is 17.0 Å². The van der Waals surface area contributed by atoms with Gasteiger partial charge in [-0.25, -0.2) is 0 Å². The van der Waals surface area contributed by atoms with Crippen LogP contribution in [0.2, 0.25) is 0 Å². The summed E-state index contributed by atoms with van der Waals surface area (Å²) in [6, 6.07) is 12.2. The Morgan fingerprint density at radius 2 is 1.82 bits per heavy atom. The van der Waals surface area contributed by atoms with Gasteiger partial charge in [0.1, 0.15) is 0 Å². The zero-order valence-corrected chi connectivity index (χ0v) is 14.0. The Bertz CT molecular complexity index is 687. The number of phenols is 2. The minimum absolute atomic E-state index is 0. The molecule has 2 aromatic carbocycles. The van der Waals surface area contributed by atoms with Gasteiger partial charge in [0.2, 0.25) is 0 Å². The summed E-state index contributed by atoms with van der Waals surface area (Å²) in [4.78, 5) is 0. The molecule has 1 heterocycles. The minimum atomic E-state index is 0.